The van der Waals surface area contributed by atoms with Crippen molar-refractivity contribution < 1.29 is 54.7 Å². The van der Waals surface area contributed by atoms with Crippen LogP contribution in [0.4, 0.5) is 0 Å². The first kappa shape index (κ1) is 32.8. The SMILES string of the molecule is CCCCCCCCCCCCCCO[C@H]1O[C@H](CO)[C@@H](O[C@@H]2O[C@H](CO)[C@@H](O)[C@H](O)[C@H]2O)[C@H](O)[C@H]1O. The second-order valence-corrected chi connectivity index (χ2v) is 10.3. The molecule has 10 atom stereocenters. The lowest BCUT2D eigenvalue weighted by Crippen LogP contribution is -2.64. The lowest BCUT2D eigenvalue weighted by atomic mass is 9.97. The highest BCUT2D eigenvalue weighted by atomic mass is 16.7. The van der Waals surface area contributed by atoms with Crippen LogP contribution in [0.3, 0.4) is 0 Å². The Labute approximate surface area is 220 Å². The maximum absolute atomic E-state index is 10.6. The summed E-state index contributed by atoms with van der Waals surface area (Å²) in [5.74, 6) is 0. The van der Waals surface area contributed by atoms with Gasteiger partial charge in [0.15, 0.2) is 12.6 Å². The van der Waals surface area contributed by atoms with E-state index in [1.807, 2.05) is 0 Å². The number of ether oxygens (including phenoxy) is 4. The van der Waals surface area contributed by atoms with E-state index in [4.69, 9.17) is 18.9 Å². The molecule has 2 fully saturated rings. The van der Waals surface area contributed by atoms with E-state index >= 15 is 0 Å². The number of unbranched alkanes of at least 4 members (excludes halogenated alkanes) is 11. The van der Waals surface area contributed by atoms with Crippen LogP contribution >= 0.6 is 0 Å². The summed E-state index contributed by atoms with van der Waals surface area (Å²) in [5, 5.41) is 70.3. The van der Waals surface area contributed by atoms with Gasteiger partial charge in [-0.1, -0.05) is 77.6 Å². The van der Waals surface area contributed by atoms with Crippen molar-refractivity contribution in [1.29, 1.82) is 0 Å². The molecule has 0 saturated carbocycles. The van der Waals surface area contributed by atoms with Crippen molar-refractivity contribution >= 4 is 0 Å². The minimum absolute atomic E-state index is 0.322. The Hall–Kier alpha value is -0.440. The second-order valence-electron chi connectivity index (χ2n) is 10.3. The van der Waals surface area contributed by atoms with Gasteiger partial charge in [-0.05, 0) is 6.42 Å². The van der Waals surface area contributed by atoms with E-state index in [2.05, 4.69) is 6.92 Å². The number of aliphatic hydroxyl groups excluding tert-OH is 7. The standard InChI is InChI=1S/C26H50O11/c1-2-3-4-5-6-7-8-9-10-11-12-13-14-34-25-23(33)21(31)24(18(16-28)36-25)37-26-22(32)20(30)19(29)17(15-27)35-26/h17-33H,2-16H2,1H3/t17-,18-,19-,20+,21-,22-,23-,24-,25+,26+/m1/s1. The summed E-state index contributed by atoms with van der Waals surface area (Å²) >= 11 is 0. The molecule has 0 amide bonds. The number of aliphatic hydroxyl groups is 7. The van der Waals surface area contributed by atoms with Gasteiger partial charge in [-0.3, -0.25) is 0 Å². The molecular formula is C26H50O11. The molecule has 0 aliphatic carbocycles. The van der Waals surface area contributed by atoms with Gasteiger partial charge in [-0.2, -0.15) is 0 Å². The highest BCUT2D eigenvalue weighted by Gasteiger charge is 2.50. The van der Waals surface area contributed by atoms with Crippen LogP contribution in [-0.4, -0.2) is 117 Å². The zero-order chi connectivity index (χ0) is 27.2. The predicted octanol–water partition coefficient (Wildman–Crippen LogP) is 0.328. The summed E-state index contributed by atoms with van der Waals surface area (Å²) < 4.78 is 22.1. The fourth-order valence-corrected chi connectivity index (χ4v) is 4.84. The molecule has 220 valence electrons. The van der Waals surface area contributed by atoms with Crippen LogP contribution < -0.4 is 0 Å². The molecule has 37 heavy (non-hydrogen) atoms. The molecule has 0 aromatic carbocycles. The Morgan fingerprint density at radius 3 is 1.57 bits per heavy atom. The summed E-state index contributed by atoms with van der Waals surface area (Å²) in [4.78, 5) is 0. The van der Waals surface area contributed by atoms with Crippen molar-refractivity contribution in [2.75, 3.05) is 19.8 Å². The van der Waals surface area contributed by atoms with Gasteiger partial charge in [0, 0.05) is 6.61 Å². The molecule has 2 aliphatic heterocycles. The van der Waals surface area contributed by atoms with Gasteiger partial charge >= 0.3 is 0 Å². The zero-order valence-corrected chi connectivity index (χ0v) is 22.1. The normalized spacial score (nSPS) is 36.6. The van der Waals surface area contributed by atoms with Crippen molar-refractivity contribution in [3.05, 3.63) is 0 Å². The molecule has 2 rings (SSSR count). The van der Waals surface area contributed by atoms with Crippen molar-refractivity contribution in [1.82, 2.24) is 0 Å². The molecule has 11 nitrogen and oxygen atoms in total. The Morgan fingerprint density at radius 1 is 0.541 bits per heavy atom. The summed E-state index contributed by atoms with van der Waals surface area (Å²) in [6, 6.07) is 0. The van der Waals surface area contributed by atoms with Crippen molar-refractivity contribution in [3.8, 4) is 0 Å². The molecule has 11 heteroatoms. The summed E-state index contributed by atoms with van der Waals surface area (Å²) in [5.41, 5.74) is 0. The van der Waals surface area contributed by atoms with E-state index in [-0.39, 0.29) is 0 Å². The third-order valence-electron chi connectivity index (χ3n) is 7.24. The monoisotopic (exact) mass is 538 g/mol. The molecule has 0 unspecified atom stereocenters. The fourth-order valence-electron chi connectivity index (χ4n) is 4.84. The first-order valence-corrected chi connectivity index (χ1v) is 14.1. The van der Waals surface area contributed by atoms with Gasteiger partial charge in [0.1, 0.15) is 48.8 Å². The quantitative estimate of drug-likeness (QED) is 0.120. The minimum Gasteiger partial charge on any atom is -0.394 e. The Kier molecular flexibility index (Phi) is 16.0. The molecule has 0 radical (unpaired) electrons. The topological polar surface area (TPSA) is 179 Å². The number of rotatable bonds is 18. The largest absolute Gasteiger partial charge is 0.394 e. The minimum atomic E-state index is -1.69. The molecule has 0 aromatic rings. The molecular weight excluding hydrogens is 488 g/mol. The average Bonchev–Trinajstić information content (AvgIpc) is 2.90. The van der Waals surface area contributed by atoms with E-state index < -0.39 is 74.6 Å². The maximum atomic E-state index is 10.6. The third-order valence-corrected chi connectivity index (χ3v) is 7.24. The van der Waals surface area contributed by atoms with Gasteiger partial charge in [0.2, 0.25) is 0 Å². The Balaban J connectivity index is 1.68. The number of hydrogen-bond donors (Lipinski definition) is 7. The van der Waals surface area contributed by atoms with Gasteiger partial charge < -0.3 is 54.7 Å². The van der Waals surface area contributed by atoms with Crippen LogP contribution in [0.15, 0.2) is 0 Å². The average molecular weight is 539 g/mol. The van der Waals surface area contributed by atoms with Crippen LogP contribution in [0.2, 0.25) is 0 Å². The second kappa shape index (κ2) is 18.0. The molecule has 2 aliphatic rings. The third kappa shape index (κ3) is 10.2. The Bertz CT molecular complexity index is 579. The molecule has 7 N–H and O–H groups in total. The molecule has 2 saturated heterocycles. The van der Waals surface area contributed by atoms with Crippen LogP contribution in [0, 0.1) is 0 Å². The predicted molar refractivity (Wildman–Crippen MR) is 133 cm³/mol. The van der Waals surface area contributed by atoms with Crippen molar-refractivity contribution in [2.24, 2.45) is 0 Å². The van der Waals surface area contributed by atoms with Gasteiger partial charge in [-0.15, -0.1) is 0 Å². The van der Waals surface area contributed by atoms with Gasteiger partial charge in [-0.25, -0.2) is 0 Å². The summed E-state index contributed by atoms with van der Waals surface area (Å²) in [7, 11) is 0. The van der Waals surface area contributed by atoms with Crippen LogP contribution in [-0.2, 0) is 18.9 Å². The van der Waals surface area contributed by atoms with E-state index in [0.29, 0.717) is 6.61 Å². The smallest absolute Gasteiger partial charge is 0.187 e. The highest BCUT2D eigenvalue weighted by Crippen LogP contribution is 2.29. The summed E-state index contributed by atoms with van der Waals surface area (Å²) in [6.07, 6.45) is 0.153. The highest BCUT2D eigenvalue weighted by molar-refractivity contribution is 4.94. The van der Waals surface area contributed by atoms with Crippen molar-refractivity contribution in [3.63, 3.8) is 0 Å². The zero-order valence-electron chi connectivity index (χ0n) is 22.1. The van der Waals surface area contributed by atoms with Gasteiger partial charge in [0.05, 0.1) is 13.2 Å². The lowest BCUT2D eigenvalue weighted by Gasteiger charge is -2.45. The first-order chi connectivity index (χ1) is 17.8. The molecule has 0 aromatic heterocycles. The molecule has 0 bridgehead atoms. The van der Waals surface area contributed by atoms with Crippen LogP contribution in [0.5, 0.6) is 0 Å². The van der Waals surface area contributed by atoms with Gasteiger partial charge in [0.25, 0.3) is 0 Å². The van der Waals surface area contributed by atoms with E-state index in [0.717, 1.165) is 19.3 Å². The van der Waals surface area contributed by atoms with E-state index in [9.17, 15) is 35.7 Å². The number of hydrogen-bond acceptors (Lipinski definition) is 11. The maximum Gasteiger partial charge on any atom is 0.187 e. The van der Waals surface area contributed by atoms with Crippen LogP contribution in [0.25, 0.3) is 0 Å². The fraction of sp³-hybridized carbons (Fsp3) is 1.00. The van der Waals surface area contributed by atoms with E-state index in [1.165, 1.54) is 57.8 Å². The summed E-state index contributed by atoms with van der Waals surface area (Å²) in [6.45, 7) is 1.33. The molecule has 2 heterocycles. The molecule has 0 spiro atoms. The van der Waals surface area contributed by atoms with Crippen LogP contribution in [0.1, 0.15) is 84.0 Å². The lowest BCUT2D eigenvalue weighted by molar-refractivity contribution is -0.359. The Morgan fingerprint density at radius 2 is 1.03 bits per heavy atom. The van der Waals surface area contributed by atoms with E-state index in [1.54, 1.807) is 0 Å². The van der Waals surface area contributed by atoms with Crippen molar-refractivity contribution in [2.45, 2.75) is 145 Å². The first-order valence-electron chi connectivity index (χ1n) is 14.1.